The van der Waals surface area contributed by atoms with Crippen molar-refractivity contribution in [2.45, 2.75) is 6.04 Å². The van der Waals surface area contributed by atoms with Gasteiger partial charge in [-0.1, -0.05) is 24.3 Å². The van der Waals surface area contributed by atoms with Crippen molar-refractivity contribution < 1.29 is 29.8 Å². The smallest absolute Gasteiger partial charge is 0.300 e. The van der Waals surface area contributed by atoms with E-state index in [1.165, 1.54) is 60.7 Å². The van der Waals surface area contributed by atoms with Crippen LogP contribution in [0.2, 0.25) is 0 Å². The highest BCUT2D eigenvalue weighted by Gasteiger charge is 2.47. The molecule has 1 heterocycles. The van der Waals surface area contributed by atoms with Gasteiger partial charge in [0.2, 0.25) is 0 Å². The summed E-state index contributed by atoms with van der Waals surface area (Å²) >= 11 is 0. The van der Waals surface area contributed by atoms with Crippen molar-refractivity contribution in [2.24, 2.45) is 0 Å². The molecule has 1 unspecified atom stereocenters. The topological polar surface area (TPSA) is 141 Å². The van der Waals surface area contributed by atoms with E-state index >= 15 is 0 Å². The van der Waals surface area contributed by atoms with Gasteiger partial charge in [0, 0.05) is 17.7 Å². The number of carbonyl (C=O) groups is 2. The highest BCUT2D eigenvalue weighted by molar-refractivity contribution is 6.51. The Morgan fingerprint density at radius 3 is 2.12 bits per heavy atom. The minimum Gasteiger partial charge on any atom is -0.508 e. The number of phenols is 2. The molecule has 3 aromatic carbocycles. The third kappa shape index (κ3) is 3.41. The van der Waals surface area contributed by atoms with Gasteiger partial charge in [-0.25, -0.2) is 0 Å². The van der Waals surface area contributed by atoms with Gasteiger partial charge in [0.1, 0.15) is 17.3 Å². The molecule has 1 aliphatic heterocycles. The van der Waals surface area contributed by atoms with E-state index in [1.807, 2.05) is 0 Å². The number of benzene rings is 3. The van der Waals surface area contributed by atoms with Crippen LogP contribution in [0.15, 0.2) is 78.4 Å². The standard InChI is InChI=1S/C23H16N2O7/c26-16-11-7-13(8-12-16)20-19(21(28)14-5-9-15(10-6-14)25(31)32)22(29)23(30)24(20)17-3-1-2-4-18(17)27/h1-12,20,26-28H/b21-19-. The molecule has 1 saturated heterocycles. The van der Waals surface area contributed by atoms with Crippen molar-refractivity contribution in [1.29, 1.82) is 0 Å². The Morgan fingerprint density at radius 2 is 1.53 bits per heavy atom. The highest BCUT2D eigenvalue weighted by atomic mass is 16.6. The fourth-order valence-corrected chi connectivity index (χ4v) is 3.62. The number of Topliss-reactive ketones (excluding diaryl/α,β-unsaturated/α-hetero) is 1. The van der Waals surface area contributed by atoms with Gasteiger partial charge in [-0.2, -0.15) is 0 Å². The third-order valence-electron chi connectivity index (χ3n) is 5.15. The van der Waals surface area contributed by atoms with Gasteiger partial charge in [0.05, 0.1) is 22.2 Å². The highest BCUT2D eigenvalue weighted by Crippen LogP contribution is 2.44. The van der Waals surface area contributed by atoms with Gasteiger partial charge >= 0.3 is 0 Å². The number of aliphatic hydroxyl groups excluding tert-OH is 1. The van der Waals surface area contributed by atoms with Crippen molar-refractivity contribution in [2.75, 3.05) is 4.90 Å². The minimum absolute atomic E-state index is 0.0383. The maximum Gasteiger partial charge on any atom is 0.300 e. The number of nitro groups is 1. The largest absolute Gasteiger partial charge is 0.508 e. The van der Waals surface area contributed by atoms with E-state index in [9.17, 15) is 35.0 Å². The van der Waals surface area contributed by atoms with Crippen LogP contribution in [0.3, 0.4) is 0 Å². The molecule has 1 fully saturated rings. The molecule has 1 atom stereocenters. The Hall–Kier alpha value is -4.66. The van der Waals surface area contributed by atoms with Crippen molar-refractivity contribution in [3.8, 4) is 11.5 Å². The molecule has 0 bridgehead atoms. The SMILES string of the molecule is O=C1C(=O)N(c2ccccc2O)C(c2ccc(O)cc2)/C1=C(/O)c1ccc([N+](=O)[O-])cc1. The Kier molecular flexibility index (Phi) is 5.07. The Morgan fingerprint density at radius 1 is 0.906 bits per heavy atom. The van der Waals surface area contributed by atoms with Crippen LogP contribution in [0.25, 0.3) is 5.76 Å². The van der Waals surface area contributed by atoms with Crippen molar-refractivity contribution in [1.82, 2.24) is 0 Å². The number of ketones is 1. The van der Waals surface area contributed by atoms with E-state index in [-0.39, 0.29) is 34.0 Å². The second kappa shape index (κ2) is 7.88. The lowest BCUT2D eigenvalue weighted by molar-refractivity contribution is -0.384. The zero-order valence-corrected chi connectivity index (χ0v) is 16.4. The summed E-state index contributed by atoms with van der Waals surface area (Å²) in [7, 11) is 0. The van der Waals surface area contributed by atoms with E-state index in [0.29, 0.717) is 5.56 Å². The zero-order valence-electron chi connectivity index (χ0n) is 16.4. The molecule has 1 aliphatic rings. The normalized spacial score (nSPS) is 17.5. The van der Waals surface area contributed by atoms with Gasteiger partial charge < -0.3 is 15.3 Å². The van der Waals surface area contributed by atoms with Gasteiger partial charge in [-0.05, 0) is 42.0 Å². The predicted octanol–water partition coefficient (Wildman–Crippen LogP) is 3.63. The monoisotopic (exact) mass is 432 g/mol. The number of carbonyl (C=O) groups excluding carboxylic acids is 2. The van der Waals surface area contributed by atoms with E-state index in [2.05, 4.69) is 0 Å². The Bertz CT molecular complexity index is 1260. The van der Waals surface area contributed by atoms with E-state index in [0.717, 1.165) is 4.90 Å². The molecule has 3 N–H and O–H groups in total. The van der Waals surface area contributed by atoms with Gasteiger partial charge in [0.15, 0.2) is 0 Å². The first kappa shape index (κ1) is 20.6. The minimum atomic E-state index is -1.11. The number of amides is 1. The van der Waals surface area contributed by atoms with Crippen LogP contribution >= 0.6 is 0 Å². The first-order valence-corrected chi connectivity index (χ1v) is 9.42. The summed E-state index contributed by atoms with van der Waals surface area (Å²) in [5, 5.41) is 41.8. The quantitative estimate of drug-likeness (QED) is 0.188. The predicted molar refractivity (Wildman–Crippen MR) is 114 cm³/mol. The maximum absolute atomic E-state index is 13.0. The number of anilines is 1. The number of phenolic OH excluding ortho intramolecular Hbond substituents is 2. The molecule has 1 amide bonds. The van der Waals surface area contributed by atoms with Crippen LogP contribution in [-0.2, 0) is 9.59 Å². The molecule has 3 aromatic rings. The number of non-ortho nitro benzene ring substituents is 1. The molecule has 32 heavy (non-hydrogen) atoms. The maximum atomic E-state index is 13.0. The Labute approximate surface area is 181 Å². The van der Waals surface area contributed by atoms with Gasteiger partial charge in [0.25, 0.3) is 17.4 Å². The van der Waals surface area contributed by atoms with E-state index in [4.69, 9.17) is 0 Å². The third-order valence-corrected chi connectivity index (χ3v) is 5.15. The fourth-order valence-electron chi connectivity index (χ4n) is 3.62. The first-order valence-electron chi connectivity index (χ1n) is 9.42. The molecule has 0 saturated carbocycles. The number of nitrogens with zero attached hydrogens (tertiary/aromatic N) is 2. The molecule has 0 spiro atoms. The van der Waals surface area contributed by atoms with Crippen LogP contribution in [0.1, 0.15) is 17.2 Å². The number of hydrogen-bond donors (Lipinski definition) is 3. The fraction of sp³-hybridized carbons (Fsp3) is 0.0435. The average Bonchev–Trinajstić information content (AvgIpc) is 3.05. The molecule has 0 aromatic heterocycles. The van der Waals surface area contributed by atoms with Crippen LogP contribution in [0.4, 0.5) is 11.4 Å². The van der Waals surface area contributed by atoms with Crippen LogP contribution < -0.4 is 4.90 Å². The number of nitro benzene ring substituents is 1. The van der Waals surface area contributed by atoms with E-state index < -0.39 is 28.4 Å². The summed E-state index contributed by atoms with van der Waals surface area (Å²) in [5.41, 5.74) is 0.114. The summed E-state index contributed by atoms with van der Waals surface area (Å²) in [6, 6.07) is 15.4. The second-order valence-corrected chi connectivity index (χ2v) is 7.05. The summed E-state index contributed by atoms with van der Waals surface area (Å²) in [5.74, 6) is -2.75. The first-order chi connectivity index (χ1) is 15.3. The average molecular weight is 432 g/mol. The molecule has 9 nitrogen and oxygen atoms in total. The number of hydrogen-bond acceptors (Lipinski definition) is 7. The molecule has 4 rings (SSSR count). The van der Waals surface area contributed by atoms with Crippen LogP contribution in [-0.4, -0.2) is 31.9 Å². The van der Waals surface area contributed by atoms with Gasteiger partial charge in [-0.15, -0.1) is 0 Å². The number of aliphatic hydroxyl groups is 1. The molecule has 160 valence electrons. The summed E-state index contributed by atoms with van der Waals surface area (Å²) < 4.78 is 0. The lowest BCUT2D eigenvalue weighted by atomic mass is 9.95. The lowest BCUT2D eigenvalue weighted by Gasteiger charge is -2.26. The molecule has 9 heteroatoms. The lowest BCUT2D eigenvalue weighted by Crippen LogP contribution is -2.29. The summed E-state index contributed by atoms with van der Waals surface area (Å²) in [6.45, 7) is 0. The van der Waals surface area contributed by atoms with Crippen LogP contribution in [0, 0.1) is 10.1 Å². The van der Waals surface area contributed by atoms with Crippen LogP contribution in [0.5, 0.6) is 11.5 Å². The number of para-hydroxylation sites is 2. The molecular weight excluding hydrogens is 416 g/mol. The number of aromatic hydroxyl groups is 2. The zero-order chi connectivity index (χ0) is 23.0. The number of rotatable bonds is 4. The summed E-state index contributed by atoms with van der Waals surface area (Å²) in [6.07, 6.45) is 0. The molecule has 0 radical (unpaired) electrons. The Balaban J connectivity index is 1.93. The molecule has 0 aliphatic carbocycles. The second-order valence-electron chi connectivity index (χ2n) is 7.05. The van der Waals surface area contributed by atoms with Crippen molar-refractivity contribution in [3.05, 3.63) is 99.6 Å². The van der Waals surface area contributed by atoms with Crippen molar-refractivity contribution >= 4 is 28.8 Å². The van der Waals surface area contributed by atoms with Gasteiger partial charge in [-0.3, -0.25) is 24.6 Å². The summed E-state index contributed by atoms with van der Waals surface area (Å²) in [4.78, 5) is 37.4. The van der Waals surface area contributed by atoms with E-state index in [1.54, 1.807) is 12.1 Å². The van der Waals surface area contributed by atoms with Crippen molar-refractivity contribution in [3.63, 3.8) is 0 Å². The molecular formula is C23H16N2O7.